The number of hydrogen-bond donors (Lipinski definition) is 2. The molecule has 0 aromatic carbocycles. The molecule has 0 spiro atoms. The molecule has 0 saturated carbocycles. The van der Waals surface area contributed by atoms with Gasteiger partial charge in [-0.25, -0.2) is 18.7 Å². The van der Waals surface area contributed by atoms with Gasteiger partial charge in [-0.05, 0) is 30.8 Å². The standard InChI is InChI=1S/C27H28F2N10/c1-37-6-8-39(9-7-37)22-2-4-31-25-24(22)33-26(34-25)23-19-11-20(32-14-21(19)35-36-23)18-10-17(12-30-13-18)15-38-5-3-27(28,29)16-38/h2,4,10-14H,3,5-9,15-16H2,1H3,(H,35,36)(H,31,33,34). The Hall–Kier alpha value is -4.03. The third-order valence-corrected chi connectivity index (χ3v) is 7.63. The highest BCUT2D eigenvalue weighted by atomic mass is 19.3. The predicted octanol–water partition coefficient (Wildman–Crippen LogP) is 3.55. The molecule has 0 aliphatic carbocycles. The number of nitrogens with one attached hydrogen (secondary N) is 2. The minimum Gasteiger partial charge on any atom is -0.367 e. The van der Waals surface area contributed by atoms with Crippen LogP contribution in [0.25, 0.3) is 44.8 Å². The summed E-state index contributed by atoms with van der Waals surface area (Å²) < 4.78 is 27.3. The lowest BCUT2D eigenvalue weighted by Crippen LogP contribution is -2.44. The second-order valence-electron chi connectivity index (χ2n) is 10.5. The van der Waals surface area contributed by atoms with Crippen molar-refractivity contribution in [2.75, 3.05) is 51.2 Å². The number of aromatic amines is 2. The second-order valence-corrected chi connectivity index (χ2v) is 10.5. The molecule has 10 nitrogen and oxygen atoms in total. The Morgan fingerprint density at radius 1 is 1.03 bits per heavy atom. The van der Waals surface area contributed by atoms with E-state index in [1.165, 1.54) is 0 Å². The number of hydrogen-bond acceptors (Lipinski definition) is 8. The van der Waals surface area contributed by atoms with Gasteiger partial charge < -0.3 is 14.8 Å². The van der Waals surface area contributed by atoms with E-state index in [4.69, 9.17) is 4.98 Å². The average Bonchev–Trinajstić information content (AvgIpc) is 3.64. The van der Waals surface area contributed by atoms with E-state index in [0.717, 1.165) is 65.1 Å². The Labute approximate surface area is 223 Å². The maximum atomic E-state index is 13.6. The van der Waals surface area contributed by atoms with Crippen LogP contribution in [0.1, 0.15) is 12.0 Å². The van der Waals surface area contributed by atoms with E-state index < -0.39 is 5.92 Å². The lowest BCUT2D eigenvalue weighted by molar-refractivity contribution is 0.0115. The number of alkyl halides is 2. The molecular formula is C27H28F2N10. The maximum absolute atomic E-state index is 13.6. The van der Waals surface area contributed by atoms with Gasteiger partial charge in [-0.15, -0.1) is 0 Å². The Morgan fingerprint density at radius 2 is 1.90 bits per heavy atom. The number of rotatable bonds is 5. The number of nitrogens with zero attached hydrogens (tertiary/aromatic N) is 8. The number of likely N-dealkylation sites (N-methyl/N-ethyl adjacent to an activating group) is 1. The topological polar surface area (TPSA) is 106 Å². The van der Waals surface area contributed by atoms with Gasteiger partial charge in [0.05, 0.1) is 29.6 Å². The maximum Gasteiger partial charge on any atom is 0.261 e. The van der Waals surface area contributed by atoms with Gasteiger partial charge in [-0.3, -0.25) is 20.0 Å². The first-order valence-electron chi connectivity index (χ1n) is 13.1. The highest BCUT2D eigenvalue weighted by Crippen LogP contribution is 2.32. The predicted molar refractivity (Wildman–Crippen MR) is 145 cm³/mol. The van der Waals surface area contributed by atoms with E-state index in [9.17, 15) is 8.78 Å². The number of anilines is 1. The van der Waals surface area contributed by atoms with Crippen molar-refractivity contribution >= 4 is 27.8 Å². The summed E-state index contributed by atoms with van der Waals surface area (Å²) in [6, 6.07) is 5.95. The fraction of sp³-hybridized carbons (Fsp3) is 0.370. The fourth-order valence-corrected chi connectivity index (χ4v) is 5.49. The monoisotopic (exact) mass is 530 g/mol. The molecule has 0 amide bonds. The minimum absolute atomic E-state index is 0.101. The molecule has 200 valence electrons. The van der Waals surface area contributed by atoms with Crippen LogP contribution >= 0.6 is 0 Å². The highest BCUT2D eigenvalue weighted by molar-refractivity contribution is 5.95. The van der Waals surface area contributed by atoms with Crippen LogP contribution in [-0.2, 0) is 6.54 Å². The van der Waals surface area contributed by atoms with Crippen molar-refractivity contribution in [2.45, 2.75) is 18.9 Å². The van der Waals surface area contributed by atoms with Crippen molar-refractivity contribution in [2.24, 2.45) is 0 Å². The summed E-state index contributed by atoms with van der Waals surface area (Å²) in [4.78, 5) is 28.2. The summed E-state index contributed by atoms with van der Waals surface area (Å²) in [6.45, 7) is 4.48. The zero-order valence-electron chi connectivity index (χ0n) is 21.5. The van der Waals surface area contributed by atoms with E-state index in [-0.39, 0.29) is 13.0 Å². The zero-order valence-corrected chi connectivity index (χ0v) is 21.5. The van der Waals surface area contributed by atoms with Crippen molar-refractivity contribution in [3.05, 3.63) is 48.5 Å². The quantitative estimate of drug-likeness (QED) is 0.356. The van der Waals surface area contributed by atoms with Gasteiger partial charge in [0.25, 0.3) is 5.92 Å². The van der Waals surface area contributed by atoms with Crippen molar-refractivity contribution in [1.29, 1.82) is 0 Å². The third kappa shape index (κ3) is 4.59. The first-order chi connectivity index (χ1) is 18.9. The van der Waals surface area contributed by atoms with Crippen LogP contribution in [0.5, 0.6) is 0 Å². The number of imidazole rings is 1. The number of likely N-dealkylation sites (tertiary alicyclic amines) is 1. The SMILES string of the molecule is CN1CCN(c2ccnc3nc(-c4n[nH]c5cnc(-c6cncc(CN7CCC(F)(F)C7)c6)cc45)[nH]c23)CC1. The van der Waals surface area contributed by atoms with E-state index in [1.807, 2.05) is 18.2 Å². The van der Waals surface area contributed by atoms with Crippen LogP contribution in [0.15, 0.2) is 43.0 Å². The van der Waals surface area contributed by atoms with Gasteiger partial charge in [0.1, 0.15) is 11.2 Å². The number of pyridine rings is 3. The van der Waals surface area contributed by atoms with Crippen LogP contribution in [0.2, 0.25) is 0 Å². The van der Waals surface area contributed by atoms with E-state index in [1.54, 1.807) is 29.7 Å². The normalized spacial score (nSPS) is 18.5. The molecule has 0 atom stereocenters. The molecule has 2 N–H and O–H groups in total. The Kier molecular flexibility index (Phi) is 5.74. The average molecular weight is 531 g/mol. The first-order valence-corrected chi connectivity index (χ1v) is 13.1. The van der Waals surface area contributed by atoms with Crippen LogP contribution in [-0.4, -0.2) is 97.2 Å². The van der Waals surface area contributed by atoms with Crippen molar-refractivity contribution in [3.8, 4) is 22.8 Å². The van der Waals surface area contributed by atoms with Gasteiger partial charge in [-0.2, -0.15) is 5.10 Å². The molecule has 12 heteroatoms. The smallest absolute Gasteiger partial charge is 0.261 e. The zero-order chi connectivity index (χ0) is 26.6. The molecule has 2 fully saturated rings. The van der Waals surface area contributed by atoms with Crippen LogP contribution < -0.4 is 4.90 Å². The summed E-state index contributed by atoms with van der Waals surface area (Å²) in [7, 11) is 2.14. The van der Waals surface area contributed by atoms with E-state index in [2.05, 4.69) is 47.0 Å². The van der Waals surface area contributed by atoms with Crippen LogP contribution in [0, 0.1) is 0 Å². The molecule has 39 heavy (non-hydrogen) atoms. The lowest BCUT2D eigenvalue weighted by atomic mass is 10.1. The fourth-order valence-electron chi connectivity index (χ4n) is 5.49. The van der Waals surface area contributed by atoms with Crippen LogP contribution in [0.4, 0.5) is 14.5 Å². The lowest BCUT2D eigenvalue weighted by Gasteiger charge is -2.34. The van der Waals surface area contributed by atoms with Gasteiger partial charge in [0.2, 0.25) is 0 Å². The van der Waals surface area contributed by atoms with Crippen molar-refractivity contribution in [1.82, 2.24) is 44.9 Å². The molecule has 7 heterocycles. The van der Waals surface area contributed by atoms with Crippen LogP contribution in [0.3, 0.4) is 0 Å². The summed E-state index contributed by atoms with van der Waals surface area (Å²) in [6.07, 6.45) is 6.90. The first kappa shape index (κ1) is 24.0. The highest BCUT2D eigenvalue weighted by Gasteiger charge is 2.38. The summed E-state index contributed by atoms with van der Waals surface area (Å²) >= 11 is 0. The van der Waals surface area contributed by atoms with Gasteiger partial charge >= 0.3 is 0 Å². The van der Waals surface area contributed by atoms with Gasteiger partial charge in [0.15, 0.2) is 11.5 Å². The van der Waals surface area contributed by atoms with Gasteiger partial charge in [-0.1, -0.05) is 0 Å². The Bertz CT molecular complexity index is 1650. The molecule has 5 aromatic heterocycles. The number of halogens is 2. The minimum atomic E-state index is -2.62. The largest absolute Gasteiger partial charge is 0.367 e. The van der Waals surface area contributed by atoms with Gasteiger partial charge in [0, 0.05) is 75.2 Å². The summed E-state index contributed by atoms with van der Waals surface area (Å²) in [5, 5.41) is 8.47. The number of piperazine rings is 1. The van der Waals surface area contributed by atoms with E-state index >= 15 is 0 Å². The summed E-state index contributed by atoms with van der Waals surface area (Å²) in [5.74, 6) is -1.99. The molecule has 2 aliphatic rings. The summed E-state index contributed by atoms with van der Waals surface area (Å²) in [5.41, 5.74) is 6.51. The molecule has 2 saturated heterocycles. The second kappa shape index (κ2) is 9.31. The Morgan fingerprint density at radius 3 is 2.72 bits per heavy atom. The van der Waals surface area contributed by atoms with E-state index in [0.29, 0.717) is 30.3 Å². The third-order valence-electron chi connectivity index (χ3n) is 7.63. The number of aromatic nitrogens is 7. The molecule has 7 rings (SSSR count). The molecule has 0 unspecified atom stereocenters. The molecule has 5 aromatic rings. The van der Waals surface area contributed by atoms with Crippen molar-refractivity contribution < 1.29 is 8.78 Å². The Balaban J connectivity index is 1.21. The molecular weight excluding hydrogens is 502 g/mol. The molecule has 0 radical (unpaired) electrons. The number of H-pyrrole nitrogens is 2. The molecule has 0 bridgehead atoms. The molecule has 2 aliphatic heterocycles. The van der Waals surface area contributed by atoms with Crippen molar-refractivity contribution in [3.63, 3.8) is 0 Å². The number of fused-ring (bicyclic) bond motifs is 2.